The topological polar surface area (TPSA) is 80.9 Å². The molecule has 1 N–H and O–H groups in total. The average Bonchev–Trinajstić information content (AvgIpc) is 3.16. The summed E-state index contributed by atoms with van der Waals surface area (Å²) in [5.41, 5.74) is 2.80. The van der Waals surface area contributed by atoms with Gasteiger partial charge in [0.05, 0.1) is 11.3 Å². The van der Waals surface area contributed by atoms with E-state index in [1.807, 2.05) is 18.2 Å². The molecule has 134 valence electrons. The van der Waals surface area contributed by atoms with Gasteiger partial charge >= 0.3 is 0 Å². The summed E-state index contributed by atoms with van der Waals surface area (Å²) in [5, 5.41) is 11.2. The van der Waals surface area contributed by atoms with Crippen LogP contribution in [0.15, 0.2) is 58.4 Å². The Labute approximate surface area is 156 Å². The molecule has 2 heterocycles. The molecule has 0 saturated heterocycles. The number of anilines is 1. The highest BCUT2D eigenvalue weighted by Gasteiger charge is 2.11. The van der Waals surface area contributed by atoms with Gasteiger partial charge < -0.3 is 9.73 Å². The van der Waals surface area contributed by atoms with Crippen molar-refractivity contribution in [1.29, 1.82) is 0 Å². The number of amides is 1. The summed E-state index contributed by atoms with van der Waals surface area (Å²) in [6.07, 6.45) is 4.42. The number of carbonyl (C=O) groups is 1. The number of aromatic nitrogens is 3. The van der Waals surface area contributed by atoms with Crippen molar-refractivity contribution in [1.82, 2.24) is 15.2 Å². The lowest BCUT2D eigenvalue weighted by atomic mass is 9.99. The fourth-order valence-electron chi connectivity index (χ4n) is 2.33. The van der Waals surface area contributed by atoms with E-state index in [0.717, 1.165) is 17.7 Å². The molecule has 1 aromatic carbocycles. The summed E-state index contributed by atoms with van der Waals surface area (Å²) in [7, 11) is 0. The maximum Gasteiger partial charge on any atom is 0.277 e. The van der Waals surface area contributed by atoms with Gasteiger partial charge in [-0.1, -0.05) is 37.7 Å². The van der Waals surface area contributed by atoms with Crippen molar-refractivity contribution >= 4 is 23.4 Å². The Kier molecular flexibility index (Phi) is 6.01. The molecular weight excluding hydrogens is 348 g/mol. The van der Waals surface area contributed by atoms with Gasteiger partial charge in [-0.25, -0.2) is 0 Å². The summed E-state index contributed by atoms with van der Waals surface area (Å²) in [5.74, 6) is 0.984. The highest BCUT2D eigenvalue weighted by molar-refractivity contribution is 7.99. The van der Waals surface area contributed by atoms with Crippen LogP contribution >= 0.6 is 11.8 Å². The summed E-state index contributed by atoms with van der Waals surface area (Å²) >= 11 is 1.20. The minimum absolute atomic E-state index is 0.118. The zero-order chi connectivity index (χ0) is 18.4. The van der Waals surface area contributed by atoms with E-state index in [1.54, 1.807) is 18.5 Å². The summed E-state index contributed by atoms with van der Waals surface area (Å²) in [6, 6.07) is 11.6. The van der Waals surface area contributed by atoms with Gasteiger partial charge in [0.25, 0.3) is 5.22 Å². The summed E-state index contributed by atoms with van der Waals surface area (Å²) in [4.78, 5) is 16.1. The number of hydrogen-bond acceptors (Lipinski definition) is 6. The van der Waals surface area contributed by atoms with E-state index >= 15 is 0 Å². The molecule has 0 unspecified atom stereocenters. The fourth-order valence-corrected chi connectivity index (χ4v) is 2.89. The third-order valence-corrected chi connectivity index (χ3v) is 4.84. The van der Waals surface area contributed by atoms with Crippen LogP contribution in [0.2, 0.25) is 0 Å². The maximum atomic E-state index is 12.1. The van der Waals surface area contributed by atoms with Gasteiger partial charge in [-0.05, 0) is 42.2 Å². The second-order valence-corrected chi connectivity index (χ2v) is 6.81. The maximum absolute atomic E-state index is 12.1. The average molecular weight is 368 g/mol. The van der Waals surface area contributed by atoms with Gasteiger partial charge in [-0.3, -0.25) is 9.78 Å². The van der Waals surface area contributed by atoms with Crippen molar-refractivity contribution in [2.45, 2.75) is 31.4 Å². The number of nitrogens with zero attached hydrogens (tertiary/aromatic N) is 3. The highest BCUT2D eigenvalue weighted by Crippen LogP contribution is 2.23. The van der Waals surface area contributed by atoms with E-state index < -0.39 is 0 Å². The molecule has 3 rings (SSSR count). The Morgan fingerprint density at radius 2 is 2.04 bits per heavy atom. The number of benzene rings is 1. The van der Waals surface area contributed by atoms with Crippen LogP contribution in [0, 0.1) is 0 Å². The van der Waals surface area contributed by atoms with E-state index in [-0.39, 0.29) is 11.7 Å². The van der Waals surface area contributed by atoms with E-state index in [2.05, 4.69) is 46.5 Å². The van der Waals surface area contributed by atoms with Crippen LogP contribution in [0.5, 0.6) is 0 Å². The molecule has 7 heteroatoms. The normalized spacial score (nSPS) is 11.9. The van der Waals surface area contributed by atoms with Gasteiger partial charge in [-0.2, -0.15) is 0 Å². The van der Waals surface area contributed by atoms with Crippen molar-refractivity contribution < 1.29 is 9.21 Å². The quantitative estimate of drug-likeness (QED) is 0.624. The molecule has 0 fully saturated rings. The molecule has 3 aromatic rings. The van der Waals surface area contributed by atoms with Gasteiger partial charge in [-0.15, -0.1) is 10.2 Å². The molecule has 0 radical (unpaired) electrons. The van der Waals surface area contributed by atoms with Gasteiger partial charge in [0.1, 0.15) is 0 Å². The molecule has 0 spiro atoms. The number of rotatable bonds is 7. The minimum atomic E-state index is -0.118. The second-order valence-electron chi connectivity index (χ2n) is 5.88. The molecule has 26 heavy (non-hydrogen) atoms. The van der Waals surface area contributed by atoms with Crippen molar-refractivity contribution in [3.63, 3.8) is 0 Å². The molecular formula is C19H20N4O2S. The van der Waals surface area contributed by atoms with E-state index in [1.165, 1.54) is 17.3 Å². The Hall–Kier alpha value is -2.67. The van der Waals surface area contributed by atoms with Crippen LogP contribution in [0.1, 0.15) is 31.7 Å². The number of carbonyl (C=O) groups excluding carboxylic acids is 1. The van der Waals surface area contributed by atoms with Crippen LogP contribution in [0.3, 0.4) is 0 Å². The second kappa shape index (κ2) is 8.62. The number of hydrogen-bond donors (Lipinski definition) is 1. The lowest BCUT2D eigenvalue weighted by molar-refractivity contribution is -0.113. The van der Waals surface area contributed by atoms with Crippen LogP contribution in [0.25, 0.3) is 11.5 Å². The predicted octanol–water partition coefficient (Wildman–Crippen LogP) is 4.38. The first-order chi connectivity index (χ1) is 12.7. The van der Waals surface area contributed by atoms with Crippen molar-refractivity contribution in [2.75, 3.05) is 11.1 Å². The highest BCUT2D eigenvalue weighted by atomic mass is 32.2. The van der Waals surface area contributed by atoms with E-state index in [9.17, 15) is 4.79 Å². The zero-order valence-electron chi connectivity index (χ0n) is 14.7. The summed E-state index contributed by atoms with van der Waals surface area (Å²) in [6.45, 7) is 4.35. The largest absolute Gasteiger partial charge is 0.411 e. The Morgan fingerprint density at radius 1 is 1.23 bits per heavy atom. The standard InChI is InChI=1S/C19H20N4O2S/c1-3-13(2)14-6-8-16(9-7-14)21-17(24)12-26-19-23-22-18(25-19)15-5-4-10-20-11-15/h4-11,13H,3,12H2,1-2H3,(H,21,24)/t13-/m0/s1. The third kappa shape index (κ3) is 4.70. The molecule has 0 aliphatic rings. The molecule has 6 nitrogen and oxygen atoms in total. The number of nitrogens with one attached hydrogen (secondary N) is 1. The first-order valence-electron chi connectivity index (χ1n) is 8.42. The minimum Gasteiger partial charge on any atom is -0.411 e. The van der Waals surface area contributed by atoms with Crippen LogP contribution in [-0.2, 0) is 4.79 Å². The number of pyridine rings is 1. The molecule has 1 atom stereocenters. The van der Waals surface area contributed by atoms with Crippen molar-refractivity contribution in [2.24, 2.45) is 0 Å². The molecule has 0 bridgehead atoms. The van der Waals surface area contributed by atoms with Crippen molar-refractivity contribution in [3.8, 4) is 11.5 Å². The van der Waals surface area contributed by atoms with E-state index in [0.29, 0.717) is 17.0 Å². The molecule has 1 amide bonds. The van der Waals surface area contributed by atoms with Crippen molar-refractivity contribution in [3.05, 3.63) is 54.4 Å². The van der Waals surface area contributed by atoms with E-state index in [4.69, 9.17) is 4.42 Å². The molecule has 2 aromatic heterocycles. The SMILES string of the molecule is CC[C@H](C)c1ccc(NC(=O)CSc2nnc(-c3cccnc3)o2)cc1. The first-order valence-corrected chi connectivity index (χ1v) is 9.40. The lowest BCUT2D eigenvalue weighted by Crippen LogP contribution is -2.14. The molecule has 0 aliphatic heterocycles. The monoisotopic (exact) mass is 368 g/mol. The van der Waals surface area contributed by atoms with Gasteiger partial charge in [0, 0.05) is 18.1 Å². The fraction of sp³-hybridized carbons (Fsp3) is 0.263. The third-order valence-electron chi connectivity index (χ3n) is 4.02. The van der Waals surface area contributed by atoms with Gasteiger partial charge in [0.2, 0.25) is 11.8 Å². The number of thioether (sulfide) groups is 1. The Bertz CT molecular complexity index is 849. The Morgan fingerprint density at radius 3 is 2.73 bits per heavy atom. The predicted molar refractivity (Wildman–Crippen MR) is 102 cm³/mol. The van der Waals surface area contributed by atoms with Crippen LogP contribution in [-0.4, -0.2) is 26.8 Å². The lowest BCUT2D eigenvalue weighted by Gasteiger charge is -2.10. The Balaban J connectivity index is 1.52. The van der Waals surface area contributed by atoms with Crippen LogP contribution in [0.4, 0.5) is 5.69 Å². The molecule has 0 aliphatic carbocycles. The smallest absolute Gasteiger partial charge is 0.277 e. The molecule has 0 saturated carbocycles. The van der Waals surface area contributed by atoms with Crippen LogP contribution < -0.4 is 5.32 Å². The summed E-state index contributed by atoms with van der Waals surface area (Å²) < 4.78 is 5.55. The zero-order valence-corrected chi connectivity index (χ0v) is 15.5. The first kappa shape index (κ1) is 18.1. The van der Waals surface area contributed by atoms with Gasteiger partial charge in [0.15, 0.2) is 0 Å².